The van der Waals surface area contributed by atoms with Crippen LogP contribution in [0.5, 0.6) is 0 Å². The van der Waals surface area contributed by atoms with Gasteiger partial charge in [0, 0.05) is 4.48 Å². The molecule has 0 radical (unpaired) electrons. The average molecular weight is 640 g/mol. The van der Waals surface area contributed by atoms with E-state index in [0.29, 0.717) is 0 Å². The summed E-state index contributed by atoms with van der Waals surface area (Å²) < 4.78 is 326. The molecule has 0 aliphatic rings. The Kier molecular flexibility index (Phi) is 7.92. The van der Waals surface area contributed by atoms with Crippen LogP contribution in [0.2, 0.25) is 0 Å². The molecule has 0 bridgehead atoms. The molecule has 0 aromatic rings. The molecule has 0 aliphatic heterocycles. The van der Waals surface area contributed by atoms with Crippen LogP contribution in [0.4, 0.5) is 114 Å². The number of hydrogen-bond donors (Lipinski definition) is 0. The summed E-state index contributed by atoms with van der Waals surface area (Å²) in [6.45, 7) is 0. The lowest BCUT2D eigenvalue weighted by Crippen LogP contribution is -2.86. The summed E-state index contributed by atoms with van der Waals surface area (Å²) in [6.07, 6.45) is -35.6. The van der Waals surface area contributed by atoms with Crippen LogP contribution in [-0.2, 0) is 0 Å². The first-order valence-electron chi connectivity index (χ1n) is 7.56. The van der Waals surface area contributed by atoms with Gasteiger partial charge in [0.15, 0.2) is 0 Å². The van der Waals surface area contributed by atoms with Crippen LogP contribution in [-0.4, -0.2) is 71.1 Å². The van der Waals surface area contributed by atoms with Gasteiger partial charge in [0.2, 0.25) is 0 Å². The summed E-state index contributed by atoms with van der Waals surface area (Å²) in [6, 6.07) is -9.98. The third-order valence-corrected chi connectivity index (χ3v) is 4.27. The Bertz CT molecular complexity index is 824. The fraction of sp³-hybridized carbons (Fsp3) is 1.00. The van der Waals surface area contributed by atoms with Crippen molar-refractivity contribution < 1.29 is 119 Å². The predicted octanol–water partition coefficient (Wildman–Crippen LogP) is 8.33. The van der Waals surface area contributed by atoms with Crippen molar-refractivity contribution >= 4 is 0 Å². The molecular formula is C11F26N+. The lowest BCUT2D eigenvalue weighted by Gasteiger charge is -2.47. The summed E-state index contributed by atoms with van der Waals surface area (Å²) >= 11 is 0. The molecule has 0 aromatic heterocycles. The quantitative estimate of drug-likeness (QED) is 0.149. The maximum Gasteiger partial charge on any atom is 0.581 e. The fourth-order valence-corrected chi connectivity index (χ4v) is 2.28. The summed E-state index contributed by atoms with van der Waals surface area (Å²) in [5.41, 5.74) is 0. The molecular weight excluding hydrogens is 640 g/mol. The van der Waals surface area contributed by atoms with E-state index in [2.05, 4.69) is 0 Å². The highest BCUT2D eigenvalue weighted by Crippen LogP contribution is 2.68. The van der Waals surface area contributed by atoms with Gasteiger partial charge in [-0.25, -0.2) is 0 Å². The molecule has 1 nitrogen and oxygen atoms in total. The van der Waals surface area contributed by atoms with Crippen LogP contribution < -0.4 is 0 Å². The minimum atomic E-state index is -9.98. The van der Waals surface area contributed by atoms with Crippen molar-refractivity contribution in [1.82, 2.24) is 0 Å². The minimum Gasteiger partial charge on any atom is -0.192 e. The number of alkyl halides is 26. The van der Waals surface area contributed by atoms with Gasteiger partial charge in [-0.15, -0.1) is 48.3 Å². The first kappa shape index (κ1) is 36.1. The number of hydrogen-bond acceptors (Lipinski definition) is 0. The lowest BCUT2D eigenvalue weighted by atomic mass is 9.90. The molecule has 0 atom stereocenters. The standard InChI is InChI=1S/C11F26N/c12-1(13,3(16,17)5(20,21)7(24,25)26)2(14,15)4(18,19)6(22,23)8(27,28)38(9(29,30)31,10(32,33)34)11(35,36)37/q+1. The molecule has 0 aliphatic carbocycles. The normalized spacial score (nSPS) is 17.2. The maximum absolute atomic E-state index is 13.6. The van der Waals surface area contributed by atoms with E-state index in [-0.39, 0.29) is 0 Å². The second kappa shape index (κ2) is 8.33. The fourth-order valence-electron chi connectivity index (χ4n) is 2.28. The van der Waals surface area contributed by atoms with Crippen LogP contribution >= 0.6 is 0 Å². The Morgan fingerprint density at radius 2 is 0.421 bits per heavy atom. The van der Waals surface area contributed by atoms with E-state index in [0.717, 1.165) is 0 Å². The molecule has 38 heavy (non-hydrogen) atoms. The van der Waals surface area contributed by atoms with E-state index in [9.17, 15) is 114 Å². The highest BCUT2D eigenvalue weighted by Gasteiger charge is 3.04. The number of rotatable bonds is 7. The Labute approximate surface area is 187 Å². The van der Waals surface area contributed by atoms with E-state index in [1.165, 1.54) is 0 Å². The topological polar surface area (TPSA) is 0 Å². The van der Waals surface area contributed by atoms with Gasteiger partial charge in [-0.1, -0.05) is 0 Å². The van der Waals surface area contributed by atoms with Gasteiger partial charge >= 0.3 is 66.7 Å². The van der Waals surface area contributed by atoms with Gasteiger partial charge in [-0.05, 0) is 0 Å². The smallest absolute Gasteiger partial charge is 0.192 e. The molecule has 0 saturated carbocycles. The van der Waals surface area contributed by atoms with E-state index >= 15 is 0 Å². The molecule has 0 amide bonds. The first-order chi connectivity index (χ1) is 15.8. The lowest BCUT2D eigenvalue weighted by molar-refractivity contribution is -1.22. The van der Waals surface area contributed by atoms with Gasteiger partial charge < -0.3 is 0 Å². The predicted molar refractivity (Wildman–Crippen MR) is 59.1 cm³/mol. The third kappa shape index (κ3) is 3.97. The molecule has 0 unspecified atom stereocenters. The first-order valence-corrected chi connectivity index (χ1v) is 7.56. The molecule has 0 aromatic carbocycles. The summed E-state index contributed by atoms with van der Waals surface area (Å²) in [5.74, 6) is -56.9. The van der Waals surface area contributed by atoms with Crippen molar-refractivity contribution in [2.24, 2.45) is 0 Å². The van der Waals surface area contributed by atoms with Gasteiger partial charge in [-0.2, -0.15) is 65.9 Å². The number of nitrogens with zero attached hydrogens (tertiary/aromatic N) is 1. The molecule has 0 rings (SSSR count). The number of quaternary nitrogens is 1. The van der Waals surface area contributed by atoms with E-state index in [1.54, 1.807) is 0 Å². The Hall–Kier alpha value is -1.86. The maximum atomic E-state index is 13.6. The zero-order valence-corrected chi connectivity index (χ0v) is 15.8. The van der Waals surface area contributed by atoms with Crippen LogP contribution in [0.1, 0.15) is 0 Å². The van der Waals surface area contributed by atoms with Crippen molar-refractivity contribution in [3.8, 4) is 0 Å². The van der Waals surface area contributed by atoms with E-state index in [1.807, 2.05) is 0 Å². The number of halogens is 26. The largest absolute Gasteiger partial charge is 0.581 e. The third-order valence-electron chi connectivity index (χ3n) is 4.27. The highest BCUT2D eigenvalue weighted by atomic mass is 19.5. The molecule has 0 saturated heterocycles. The van der Waals surface area contributed by atoms with E-state index in [4.69, 9.17) is 0 Å². The van der Waals surface area contributed by atoms with Crippen LogP contribution in [0.25, 0.3) is 0 Å². The van der Waals surface area contributed by atoms with Gasteiger partial charge in [0.05, 0.1) is 0 Å². The highest BCUT2D eigenvalue weighted by molar-refractivity contribution is 5.14. The van der Waals surface area contributed by atoms with Crippen LogP contribution in [0.15, 0.2) is 0 Å². The van der Waals surface area contributed by atoms with Gasteiger partial charge in [0.25, 0.3) is 0 Å². The van der Waals surface area contributed by atoms with Gasteiger partial charge in [0.1, 0.15) is 0 Å². The van der Waals surface area contributed by atoms with Crippen molar-refractivity contribution in [3.05, 3.63) is 0 Å². The summed E-state index contributed by atoms with van der Waals surface area (Å²) in [7, 11) is 0. The van der Waals surface area contributed by atoms with Crippen LogP contribution in [0, 0.1) is 0 Å². The average Bonchev–Trinajstić information content (AvgIpc) is 2.55. The SMILES string of the molecule is FC(F)(F)C(F)(F)C(F)(F)C(F)(F)C(F)(F)C(F)(F)C(F)(F)C(F)(F)[N+](C(F)(F)F)(C(F)(F)F)C(F)(F)F. The van der Waals surface area contributed by atoms with Crippen molar-refractivity contribution in [3.63, 3.8) is 0 Å². The van der Waals surface area contributed by atoms with Gasteiger partial charge in [-0.3, -0.25) is 0 Å². The summed E-state index contributed by atoms with van der Waals surface area (Å²) in [5, 5.41) is 0. The Balaban J connectivity index is 7.75. The zero-order valence-electron chi connectivity index (χ0n) is 15.8. The monoisotopic (exact) mass is 640 g/mol. The Morgan fingerprint density at radius 1 is 0.237 bits per heavy atom. The van der Waals surface area contributed by atoms with E-state index < -0.39 is 71.1 Å². The zero-order chi connectivity index (χ0) is 32.0. The molecule has 230 valence electrons. The second-order valence-corrected chi connectivity index (χ2v) is 6.56. The minimum absolute atomic E-state index is 8.23. The molecule has 0 spiro atoms. The van der Waals surface area contributed by atoms with Crippen LogP contribution in [0.3, 0.4) is 0 Å². The molecule has 0 N–H and O–H groups in total. The summed E-state index contributed by atoms with van der Waals surface area (Å²) in [4.78, 5) is 0. The molecule has 0 fully saturated rings. The van der Waals surface area contributed by atoms with Crippen molar-refractivity contribution in [1.29, 1.82) is 0 Å². The Morgan fingerprint density at radius 3 is 0.605 bits per heavy atom. The van der Waals surface area contributed by atoms with Crippen molar-refractivity contribution in [2.45, 2.75) is 66.7 Å². The molecule has 0 heterocycles. The van der Waals surface area contributed by atoms with Crippen molar-refractivity contribution in [2.75, 3.05) is 0 Å². The molecule has 27 heteroatoms. The second-order valence-electron chi connectivity index (χ2n) is 6.56.